The zero-order valence-corrected chi connectivity index (χ0v) is 12.1. The van der Waals surface area contributed by atoms with Gasteiger partial charge in [-0.25, -0.2) is 9.97 Å². The minimum atomic E-state index is 0.483. The molecular weight excluding hydrogens is 262 g/mol. The highest BCUT2D eigenvalue weighted by molar-refractivity contribution is 7.12. The number of nitrogens with two attached hydrogens (primary N) is 1. The second kappa shape index (κ2) is 5.07. The summed E-state index contributed by atoms with van der Waals surface area (Å²) >= 11 is 3.59. The van der Waals surface area contributed by atoms with Crippen LogP contribution < -0.4 is 5.73 Å². The third-order valence-corrected chi connectivity index (χ3v) is 5.47. The van der Waals surface area contributed by atoms with Gasteiger partial charge >= 0.3 is 0 Å². The van der Waals surface area contributed by atoms with Crippen LogP contribution in [0.1, 0.15) is 45.0 Å². The third-order valence-electron chi connectivity index (χ3n) is 3.37. The fraction of sp³-hybridized carbons (Fsp3) is 0.538. The molecule has 0 bridgehead atoms. The van der Waals surface area contributed by atoms with E-state index >= 15 is 0 Å². The maximum absolute atomic E-state index is 5.84. The molecule has 0 aliphatic heterocycles. The smallest absolute Gasteiger partial charge is 0.0999 e. The van der Waals surface area contributed by atoms with Crippen molar-refractivity contribution >= 4 is 22.7 Å². The molecule has 3 rings (SSSR count). The molecule has 1 unspecified atom stereocenters. The Balaban J connectivity index is 1.84. The lowest BCUT2D eigenvalue weighted by Crippen LogP contribution is -2.17. The Kier molecular flexibility index (Phi) is 3.46. The van der Waals surface area contributed by atoms with E-state index in [4.69, 9.17) is 10.7 Å². The fourth-order valence-corrected chi connectivity index (χ4v) is 4.54. The van der Waals surface area contributed by atoms with Crippen LogP contribution in [-0.2, 0) is 12.8 Å². The summed E-state index contributed by atoms with van der Waals surface area (Å²) in [4.78, 5) is 10.8. The van der Waals surface area contributed by atoms with E-state index in [0.29, 0.717) is 5.92 Å². The summed E-state index contributed by atoms with van der Waals surface area (Å²) in [5.41, 5.74) is 8.22. The Hall–Kier alpha value is -0.780. The number of aromatic nitrogens is 2. The van der Waals surface area contributed by atoms with Crippen molar-refractivity contribution in [3.8, 4) is 0 Å². The van der Waals surface area contributed by atoms with Gasteiger partial charge in [-0.15, -0.1) is 22.7 Å². The largest absolute Gasteiger partial charge is 0.330 e. The number of nitrogens with zero attached hydrogens (tertiary/aromatic N) is 2. The molecule has 0 saturated carbocycles. The summed E-state index contributed by atoms with van der Waals surface area (Å²) in [7, 11) is 0. The third kappa shape index (κ3) is 2.35. The van der Waals surface area contributed by atoms with Crippen molar-refractivity contribution in [2.75, 3.05) is 6.54 Å². The Morgan fingerprint density at radius 1 is 1.39 bits per heavy atom. The molecule has 0 saturated heterocycles. The SMILES string of the molecule is Cc1csc(Cc2nc3c(s2)CCCC3CN)n1. The van der Waals surface area contributed by atoms with Crippen LogP contribution >= 0.6 is 22.7 Å². The average Bonchev–Trinajstić information content (AvgIpc) is 2.94. The van der Waals surface area contributed by atoms with Gasteiger partial charge in [-0.05, 0) is 26.2 Å². The fourth-order valence-electron chi connectivity index (χ4n) is 2.48. The molecule has 2 N–H and O–H groups in total. The van der Waals surface area contributed by atoms with Crippen molar-refractivity contribution in [1.82, 2.24) is 9.97 Å². The summed E-state index contributed by atoms with van der Waals surface area (Å²) in [6.45, 7) is 2.77. The highest BCUT2D eigenvalue weighted by Gasteiger charge is 2.23. The van der Waals surface area contributed by atoms with E-state index in [0.717, 1.165) is 18.7 Å². The quantitative estimate of drug-likeness (QED) is 0.940. The number of rotatable bonds is 3. The Bertz CT molecular complexity index is 544. The van der Waals surface area contributed by atoms with Crippen molar-refractivity contribution in [1.29, 1.82) is 0 Å². The van der Waals surface area contributed by atoms with Gasteiger partial charge in [0.25, 0.3) is 0 Å². The molecule has 0 aromatic carbocycles. The van der Waals surface area contributed by atoms with Crippen LogP contribution in [0, 0.1) is 6.92 Å². The predicted molar refractivity (Wildman–Crippen MR) is 76.5 cm³/mol. The molecule has 2 heterocycles. The van der Waals surface area contributed by atoms with Crippen LogP contribution in [0.5, 0.6) is 0 Å². The number of hydrogen-bond acceptors (Lipinski definition) is 5. The second-order valence-corrected chi connectivity index (χ2v) is 6.91. The number of aryl methyl sites for hydroxylation is 2. The minimum Gasteiger partial charge on any atom is -0.330 e. The van der Waals surface area contributed by atoms with Crippen LogP contribution in [0.15, 0.2) is 5.38 Å². The van der Waals surface area contributed by atoms with Crippen LogP contribution in [0.3, 0.4) is 0 Å². The number of thiazole rings is 2. The average molecular weight is 279 g/mol. The van der Waals surface area contributed by atoms with Gasteiger partial charge in [0.05, 0.1) is 22.1 Å². The first-order valence-corrected chi connectivity index (χ1v) is 8.05. The first-order valence-electron chi connectivity index (χ1n) is 6.36. The lowest BCUT2D eigenvalue weighted by atomic mass is 9.91. The highest BCUT2D eigenvalue weighted by Crippen LogP contribution is 2.34. The van der Waals surface area contributed by atoms with E-state index in [-0.39, 0.29) is 0 Å². The summed E-state index contributed by atoms with van der Waals surface area (Å²) in [6.07, 6.45) is 4.52. The maximum Gasteiger partial charge on any atom is 0.0999 e. The summed E-state index contributed by atoms with van der Waals surface area (Å²) in [5.74, 6) is 0.483. The van der Waals surface area contributed by atoms with Gasteiger partial charge < -0.3 is 5.73 Å². The van der Waals surface area contributed by atoms with E-state index in [1.54, 1.807) is 11.3 Å². The van der Waals surface area contributed by atoms with Crippen LogP contribution in [0.4, 0.5) is 0 Å². The van der Waals surface area contributed by atoms with Crippen molar-refractivity contribution in [3.05, 3.63) is 31.7 Å². The van der Waals surface area contributed by atoms with Gasteiger partial charge in [0.15, 0.2) is 0 Å². The predicted octanol–water partition coefficient (Wildman–Crippen LogP) is 2.88. The van der Waals surface area contributed by atoms with Gasteiger partial charge in [-0.2, -0.15) is 0 Å². The monoisotopic (exact) mass is 279 g/mol. The van der Waals surface area contributed by atoms with E-state index in [1.165, 1.54) is 39.8 Å². The molecule has 3 nitrogen and oxygen atoms in total. The first-order chi connectivity index (χ1) is 8.76. The standard InChI is InChI=1S/C13H17N3S2/c1-8-7-17-11(15-8)5-12-16-13-9(6-14)3-2-4-10(13)18-12/h7,9H,2-6,14H2,1H3. The number of fused-ring (bicyclic) bond motifs is 1. The summed E-state index contributed by atoms with van der Waals surface area (Å²) in [5, 5.41) is 4.48. The minimum absolute atomic E-state index is 0.483. The molecule has 0 amide bonds. The van der Waals surface area contributed by atoms with Gasteiger partial charge in [-0.1, -0.05) is 0 Å². The molecule has 0 radical (unpaired) electrons. The van der Waals surface area contributed by atoms with Crippen molar-refractivity contribution in [3.63, 3.8) is 0 Å². The molecule has 1 aliphatic rings. The van der Waals surface area contributed by atoms with Gasteiger partial charge in [0.2, 0.25) is 0 Å². The Morgan fingerprint density at radius 2 is 2.28 bits per heavy atom. The van der Waals surface area contributed by atoms with Crippen molar-refractivity contribution < 1.29 is 0 Å². The Labute approximate surface area is 115 Å². The van der Waals surface area contributed by atoms with E-state index in [9.17, 15) is 0 Å². The van der Waals surface area contributed by atoms with Gasteiger partial charge in [0.1, 0.15) is 0 Å². The lowest BCUT2D eigenvalue weighted by molar-refractivity contribution is 0.553. The van der Waals surface area contributed by atoms with Crippen molar-refractivity contribution in [2.45, 2.75) is 38.5 Å². The Morgan fingerprint density at radius 3 is 3.00 bits per heavy atom. The van der Waals surface area contributed by atoms with Crippen LogP contribution in [-0.4, -0.2) is 16.5 Å². The summed E-state index contributed by atoms with van der Waals surface area (Å²) < 4.78 is 0. The van der Waals surface area contributed by atoms with Crippen LogP contribution in [0.2, 0.25) is 0 Å². The van der Waals surface area contributed by atoms with Gasteiger partial charge in [-0.3, -0.25) is 0 Å². The molecule has 5 heteroatoms. The molecule has 18 heavy (non-hydrogen) atoms. The van der Waals surface area contributed by atoms with Gasteiger partial charge in [0, 0.05) is 28.4 Å². The zero-order valence-electron chi connectivity index (χ0n) is 10.5. The van der Waals surface area contributed by atoms with E-state index < -0.39 is 0 Å². The maximum atomic E-state index is 5.84. The molecule has 0 fully saturated rings. The highest BCUT2D eigenvalue weighted by atomic mass is 32.1. The normalized spacial score (nSPS) is 18.9. The molecule has 2 aromatic rings. The first kappa shape index (κ1) is 12.3. The van der Waals surface area contributed by atoms with Crippen molar-refractivity contribution in [2.24, 2.45) is 5.73 Å². The molecule has 2 aromatic heterocycles. The molecule has 1 aliphatic carbocycles. The molecular formula is C13H17N3S2. The number of hydrogen-bond donors (Lipinski definition) is 1. The molecule has 96 valence electrons. The van der Waals surface area contributed by atoms with Crippen LogP contribution in [0.25, 0.3) is 0 Å². The molecule has 0 spiro atoms. The molecule has 1 atom stereocenters. The lowest BCUT2D eigenvalue weighted by Gasteiger charge is -2.18. The van der Waals surface area contributed by atoms with E-state index in [1.807, 2.05) is 18.3 Å². The topological polar surface area (TPSA) is 51.8 Å². The van der Waals surface area contributed by atoms with E-state index in [2.05, 4.69) is 10.4 Å². The zero-order chi connectivity index (χ0) is 12.5. The second-order valence-electron chi connectivity index (χ2n) is 4.80. The summed E-state index contributed by atoms with van der Waals surface area (Å²) in [6, 6.07) is 0.